The Morgan fingerprint density at radius 1 is 0.938 bits per heavy atom. The molecule has 32 heavy (non-hydrogen) atoms. The Balaban J connectivity index is 1.28. The molecule has 0 spiro atoms. The van der Waals surface area contributed by atoms with Gasteiger partial charge in [0.2, 0.25) is 11.1 Å². The summed E-state index contributed by atoms with van der Waals surface area (Å²) in [5, 5.41) is 10.8. The monoisotopic (exact) mass is 442 g/mol. The van der Waals surface area contributed by atoms with Crippen LogP contribution in [-0.2, 0) is 4.79 Å². The summed E-state index contributed by atoms with van der Waals surface area (Å²) in [5.74, 6) is 1.22. The number of aromatic amines is 1. The van der Waals surface area contributed by atoms with Crippen LogP contribution in [0.15, 0.2) is 90.1 Å². The molecule has 4 aromatic rings. The first-order chi connectivity index (χ1) is 15.7. The number of carbonyl (C=O) groups excluding carboxylic acids is 1. The number of nitrogens with one attached hydrogen (secondary N) is 2. The maximum Gasteiger partial charge on any atom is 0.230 e. The minimum absolute atomic E-state index is 0.0171. The largest absolute Gasteiger partial charge is 0.355 e. The molecule has 0 aliphatic heterocycles. The van der Waals surface area contributed by atoms with Gasteiger partial charge in [-0.25, -0.2) is 4.98 Å². The lowest BCUT2D eigenvalue weighted by Crippen LogP contribution is -2.27. The summed E-state index contributed by atoms with van der Waals surface area (Å²) in [6.07, 6.45) is 0.836. The lowest BCUT2D eigenvalue weighted by molar-refractivity contribution is -0.118. The highest BCUT2D eigenvalue weighted by Gasteiger charge is 2.14. The van der Waals surface area contributed by atoms with Crippen molar-refractivity contribution in [3.63, 3.8) is 0 Å². The average Bonchev–Trinajstić information content (AvgIpc) is 3.31. The highest BCUT2D eigenvalue weighted by atomic mass is 32.2. The average molecular weight is 443 g/mol. The standard InChI is InChI=1S/C26H26N4OS/c1-19-12-14-22(15-13-19)25-28-26(30-29-25)32-18-24(31)27-17-16-23(20-8-4-2-5-9-20)21-10-6-3-7-11-21/h2-15,23H,16-18H2,1H3,(H,27,31)(H,28,29,30). The second-order valence-electron chi connectivity index (χ2n) is 7.63. The van der Waals surface area contributed by atoms with E-state index in [1.54, 1.807) is 0 Å². The zero-order chi connectivity index (χ0) is 22.2. The maximum absolute atomic E-state index is 12.4. The molecule has 0 bridgehead atoms. The molecule has 1 aromatic heterocycles. The number of benzene rings is 3. The quantitative estimate of drug-likeness (QED) is 0.349. The van der Waals surface area contributed by atoms with Crippen LogP contribution in [0.25, 0.3) is 11.4 Å². The first-order valence-electron chi connectivity index (χ1n) is 10.7. The smallest absolute Gasteiger partial charge is 0.230 e. The summed E-state index contributed by atoms with van der Waals surface area (Å²) in [5.41, 5.74) is 4.69. The predicted molar refractivity (Wildman–Crippen MR) is 130 cm³/mol. The van der Waals surface area contributed by atoms with Crippen molar-refractivity contribution in [1.29, 1.82) is 0 Å². The fraction of sp³-hybridized carbons (Fsp3) is 0.192. The summed E-state index contributed by atoms with van der Waals surface area (Å²) in [6, 6.07) is 28.9. The molecule has 4 rings (SSSR count). The third kappa shape index (κ3) is 5.86. The minimum atomic E-state index is -0.0171. The zero-order valence-electron chi connectivity index (χ0n) is 18.0. The van der Waals surface area contributed by atoms with E-state index in [0.717, 1.165) is 12.0 Å². The van der Waals surface area contributed by atoms with Gasteiger partial charge in [0.05, 0.1) is 5.75 Å². The first-order valence-corrected chi connectivity index (χ1v) is 11.7. The van der Waals surface area contributed by atoms with Gasteiger partial charge in [0.15, 0.2) is 5.82 Å². The molecule has 1 amide bonds. The van der Waals surface area contributed by atoms with E-state index in [0.29, 0.717) is 17.5 Å². The Hall–Kier alpha value is -3.38. The fourth-order valence-electron chi connectivity index (χ4n) is 3.59. The van der Waals surface area contributed by atoms with Crippen molar-refractivity contribution in [2.45, 2.75) is 24.4 Å². The molecule has 2 N–H and O–H groups in total. The number of nitrogens with zero attached hydrogens (tertiary/aromatic N) is 2. The number of aryl methyl sites for hydroxylation is 1. The van der Waals surface area contributed by atoms with E-state index in [1.807, 2.05) is 43.3 Å². The molecular formula is C26H26N4OS. The van der Waals surface area contributed by atoms with Gasteiger partial charge in [0.1, 0.15) is 0 Å². The summed E-state index contributed by atoms with van der Waals surface area (Å²) in [7, 11) is 0. The van der Waals surface area contributed by atoms with Crippen molar-refractivity contribution in [3.05, 3.63) is 102 Å². The van der Waals surface area contributed by atoms with Gasteiger partial charge in [0, 0.05) is 18.0 Å². The van der Waals surface area contributed by atoms with Crippen LogP contribution in [0.2, 0.25) is 0 Å². The molecule has 1 heterocycles. The lowest BCUT2D eigenvalue weighted by Gasteiger charge is -2.18. The van der Waals surface area contributed by atoms with Gasteiger partial charge in [-0.05, 0) is 24.5 Å². The second kappa shape index (κ2) is 10.8. The van der Waals surface area contributed by atoms with Gasteiger partial charge < -0.3 is 5.32 Å². The van der Waals surface area contributed by atoms with E-state index in [1.165, 1.54) is 28.5 Å². The van der Waals surface area contributed by atoms with Crippen LogP contribution in [0.1, 0.15) is 29.0 Å². The summed E-state index contributed by atoms with van der Waals surface area (Å²) < 4.78 is 0. The van der Waals surface area contributed by atoms with Gasteiger partial charge in [-0.15, -0.1) is 5.10 Å². The van der Waals surface area contributed by atoms with Crippen molar-refractivity contribution < 1.29 is 4.79 Å². The van der Waals surface area contributed by atoms with E-state index >= 15 is 0 Å². The highest BCUT2D eigenvalue weighted by molar-refractivity contribution is 7.99. The van der Waals surface area contributed by atoms with E-state index < -0.39 is 0 Å². The molecule has 6 heteroatoms. The number of thioether (sulfide) groups is 1. The second-order valence-corrected chi connectivity index (χ2v) is 8.58. The van der Waals surface area contributed by atoms with Gasteiger partial charge in [-0.3, -0.25) is 9.89 Å². The van der Waals surface area contributed by atoms with Crippen molar-refractivity contribution in [2.75, 3.05) is 12.3 Å². The number of rotatable bonds is 9. The third-order valence-corrected chi connectivity index (χ3v) is 6.13. The molecule has 0 fully saturated rings. The van der Waals surface area contributed by atoms with Crippen molar-refractivity contribution >= 4 is 17.7 Å². The molecule has 3 aromatic carbocycles. The number of amides is 1. The third-order valence-electron chi connectivity index (χ3n) is 5.28. The normalized spacial score (nSPS) is 10.9. The van der Waals surface area contributed by atoms with Crippen molar-refractivity contribution in [2.24, 2.45) is 0 Å². The van der Waals surface area contributed by atoms with Gasteiger partial charge >= 0.3 is 0 Å². The highest BCUT2D eigenvalue weighted by Crippen LogP contribution is 2.27. The van der Waals surface area contributed by atoms with Gasteiger partial charge in [-0.1, -0.05) is 102 Å². The van der Waals surface area contributed by atoms with Crippen molar-refractivity contribution in [3.8, 4) is 11.4 Å². The van der Waals surface area contributed by atoms with Crippen molar-refractivity contribution in [1.82, 2.24) is 20.5 Å². The Labute approximate surface area is 192 Å². The molecule has 5 nitrogen and oxygen atoms in total. The number of hydrogen-bond donors (Lipinski definition) is 2. The molecule has 0 saturated carbocycles. The van der Waals surface area contributed by atoms with Gasteiger partial charge in [-0.2, -0.15) is 0 Å². The Morgan fingerprint density at radius 2 is 1.56 bits per heavy atom. The van der Waals surface area contributed by atoms with E-state index in [9.17, 15) is 4.79 Å². The predicted octanol–water partition coefficient (Wildman–Crippen LogP) is 5.21. The molecule has 0 atom stereocenters. The van der Waals surface area contributed by atoms with Crippen LogP contribution < -0.4 is 5.32 Å². The minimum Gasteiger partial charge on any atom is -0.355 e. The fourth-order valence-corrected chi connectivity index (χ4v) is 4.21. The number of H-pyrrole nitrogens is 1. The van der Waals surface area contributed by atoms with E-state index in [4.69, 9.17) is 0 Å². The molecule has 0 unspecified atom stereocenters. The zero-order valence-corrected chi connectivity index (χ0v) is 18.8. The Kier molecular flexibility index (Phi) is 7.35. The number of hydrogen-bond acceptors (Lipinski definition) is 4. The molecule has 162 valence electrons. The van der Waals surface area contributed by atoms with Crippen LogP contribution in [0.3, 0.4) is 0 Å². The van der Waals surface area contributed by atoms with Gasteiger partial charge in [0.25, 0.3) is 0 Å². The Morgan fingerprint density at radius 3 is 2.19 bits per heavy atom. The van der Waals surface area contributed by atoms with Crippen LogP contribution in [0, 0.1) is 6.92 Å². The molecule has 0 saturated heterocycles. The van der Waals surface area contributed by atoms with E-state index in [2.05, 4.69) is 69.0 Å². The van der Waals surface area contributed by atoms with Crippen LogP contribution in [-0.4, -0.2) is 33.4 Å². The maximum atomic E-state index is 12.4. The van der Waals surface area contributed by atoms with Crippen LogP contribution >= 0.6 is 11.8 Å². The first kappa shape index (κ1) is 21.8. The van der Waals surface area contributed by atoms with Crippen LogP contribution in [0.4, 0.5) is 0 Å². The summed E-state index contributed by atoms with van der Waals surface area (Å²) in [4.78, 5) is 16.9. The topological polar surface area (TPSA) is 70.7 Å². The number of carbonyl (C=O) groups is 1. The summed E-state index contributed by atoms with van der Waals surface area (Å²) >= 11 is 1.33. The molecule has 0 aliphatic rings. The molecular weight excluding hydrogens is 416 g/mol. The molecule has 0 radical (unpaired) electrons. The number of aromatic nitrogens is 3. The lowest BCUT2D eigenvalue weighted by atomic mass is 9.88. The van der Waals surface area contributed by atoms with Crippen LogP contribution in [0.5, 0.6) is 0 Å². The van der Waals surface area contributed by atoms with E-state index in [-0.39, 0.29) is 17.6 Å². The Bertz CT molecular complexity index is 1090. The molecule has 0 aliphatic carbocycles. The SMILES string of the molecule is Cc1ccc(-c2nc(SCC(=O)NCCC(c3ccccc3)c3ccccc3)n[nH]2)cc1. The summed E-state index contributed by atoms with van der Waals surface area (Å²) in [6.45, 7) is 2.66.